The molecule has 0 saturated heterocycles. The summed E-state index contributed by atoms with van der Waals surface area (Å²) in [5.74, 6) is 1.14. The predicted molar refractivity (Wildman–Crippen MR) is 101 cm³/mol. The zero-order chi connectivity index (χ0) is 18.1. The summed E-state index contributed by atoms with van der Waals surface area (Å²) in [6, 6.07) is 14.7. The topological polar surface area (TPSA) is 71.6 Å². The van der Waals surface area contributed by atoms with Gasteiger partial charge < -0.3 is 14.8 Å². The number of nitrogens with one attached hydrogen (secondary N) is 3. The van der Waals surface area contributed by atoms with Crippen molar-refractivity contribution in [3.63, 3.8) is 0 Å². The van der Waals surface area contributed by atoms with E-state index in [2.05, 4.69) is 16.2 Å². The third kappa shape index (κ3) is 5.65. The van der Waals surface area contributed by atoms with Crippen molar-refractivity contribution >= 4 is 23.2 Å². The minimum absolute atomic E-state index is 0.246. The fourth-order valence-corrected chi connectivity index (χ4v) is 2.33. The van der Waals surface area contributed by atoms with Crippen molar-refractivity contribution in [2.24, 2.45) is 0 Å². The van der Waals surface area contributed by atoms with Crippen LogP contribution in [0, 0.1) is 0 Å². The third-order valence-corrected chi connectivity index (χ3v) is 3.72. The maximum absolute atomic E-state index is 11.9. The largest absolute Gasteiger partial charge is 0.493 e. The SMILES string of the molecule is COc1ccc(CCNC(=S)NNC(=O)c2ccccc2)cc1OC. The van der Waals surface area contributed by atoms with E-state index in [0.717, 1.165) is 12.0 Å². The molecule has 0 saturated carbocycles. The molecule has 0 bridgehead atoms. The minimum Gasteiger partial charge on any atom is -0.493 e. The normalized spacial score (nSPS) is 9.84. The molecular formula is C18H21N3O3S. The van der Waals surface area contributed by atoms with Gasteiger partial charge in [-0.2, -0.15) is 0 Å². The van der Waals surface area contributed by atoms with E-state index in [1.165, 1.54) is 0 Å². The Kier molecular flexibility index (Phi) is 7.03. The van der Waals surface area contributed by atoms with E-state index in [4.69, 9.17) is 21.7 Å². The Hall–Kier alpha value is -2.80. The van der Waals surface area contributed by atoms with Gasteiger partial charge in [0.05, 0.1) is 14.2 Å². The zero-order valence-electron chi connectivity index (χ0n) is 14.2. The van der Waals surface area contributed by atoms with Crippen LogP contribution in [0.2, 0.25) is 0 Å². The summed E-state index contributed by atoms with van der Waals surface area (Å²) >= 11 is 5.14. The zero-order valence-corrected chi connectivity index (χ0v) is 15.0. The Morgan fingerprint density at radius 1 is 1.00 bits per heavy atom. The van der Waals surface area contributed by atoms with Gasteiger partial charge in [0.1, 0.15) is 0 Å². The lowest BCUT2D eigenvalue weighted by molar-refractivity contribution is 0.0943. The minimum atomic E-state index is -0.246. The van der Waals surface area contributed by atoms with E-state index < -0.39 is 0 Å². The van der Waals surface area contributed by atoms with Crippen LogP contribution >= 0.6 is 12.2 Å². The van der Waals surface area contributed by atoms with E-state index in [-0.39, 0.29) is 5.91 Å². The summed E-state index contributed by atoms with van der Waals surface area (Å²) in [6.45, 7) is 0.614. The lowest BCUT2D eigenvalue weighted by atomic mass is 10.1. The van der Waals surface area contributed by atoms with Crippen molar-refractivity contribution in [1.29, 1.82) is 0 Å². The molecule has 0 heterocycles. The summed E-state index contributed by atoms with van der Waals surface area (Å²) in [5.41, 5.74) is 6.88. The van der Waals surface area contributed by atoms with Crippen LogP contribution in [0.15, 0.2) is 48.5 Å². The van der Waals surface area contributed by atoms with Gasteiger partial charge >= 0.3 is 0 Å². The van der Waals surface area contributed by atoms with Crippen LogP contribution in [0.4, 0.5) is 0 Å². The highest BCUT2D eigenvalue weighted by Gasteiger charge is 2.06. The van der Waals surface area contributed by atoms with E-state index in [1.54, 1.807) is 38.5 Å². The number of hydrogen-bond acceptors (Lipinski definition) is 4. The molecule has 7 heteroatoms. The molecule has 0 fully saturated rings. The van der Waals surface area contributed by atoms with Crippen molar-refractivity contribution < 1.29 is 14.3 Å². The molecule has 25 heavy (non-hydrogen) atoms. The van der Waals surface area contributed by atoms with Gasteiger partial charge in [0.2, 0.25) is 0 Å². The Labute approximate surface area is 152 Å². The first-order chi connectivity index (χ1) is 12.1. The Morgan fingerprint density at radius 2 is 1.72 bits per heavy atom. The second kappa shape index (κ2) is 9.48. The molecule has 0 aromatic heterocycles. The highest BCUT2D eigenvalue weighted by molar-refractivity contribution is 7.80. The molecule has 0 aliphatic carbocycles. The Morgan fingerprint density at radius 3 is 2.40 bits per heavy atom. The number of amides is 1. The second-order valence-corrected chi connectivity index (χ2v) is 5.55. The lowest BCUT2D eigenvalue weighted by Gasteiger charge is -2.12. The van der Waals surface area contributed by atoms with Crippen molar-refractivity contribution in [2.45, 2.75) is 6.42 Å². The maximum atomic E-state index is 11.9. The van der Waals surface area contributed by atoms with Gasteiger partial charge in [-0.1, -0.05) is 24.3 Å². The van der Waals surface area contributed by atoms with Crippen LogP contribution in [0.5, 0.6) is 11.5 Å². The van der Waals surface area contributed by atoms with Gasteiger partial charge in [-0.15, -0.1) is 0 Å². The van der Waals surface area contributed by atoms with Crippen LogP contribution in [0.3, 0.4) is 0 Å². The monoisotopic (exact) mass is 359 g/mol. The van der Waals surface area contributed by atoms with Crippen LogP contribution in [-0.4, -0.2) is 31.8 Å². The van der Waals surface area contributed by atoms with Gasteiger partial charge in [0.15, 0.2) is 16.6 Å². The van der Waals surface area contributed by atoms with Crippen molar-refractivity contribution in [1.82, 2.24) is 16.2 Å². The molecule has 3 N–H and O–H groups in total. The number of hydrazine groups is 1. The summed E-state index contributed by atoms with van der Waals surface area (Å²) in [6.07, 6.45) is 0.745. The molecule has 1 amide bonds. The smallest absolute Gasteiger partial charge is 0.269 e. The molecule has 0 atom stereocenters. The first-order valence-electron chi connectivity index (χ1n) is 7.74. The number of thiocarbonyl (C=S) groups is 1. The van der Waals surface area contributed by atoms with Crippen LogP contribution in [0.25, 0.3) is 0 Å². The maximum Gasteiger partial charge on any atom is 0.269 e. The molecular weight excluding hydrogens is 338 g/mol. The van der Waals surface area contributed by atoms with Crippen molar-refractivity contribution in [2.75, 3.05) is 20.8 Å². The molecule has 0 spiro atoms. The van der Waals surface area contributed by atoms with Crippen molar-refractivity contribution in [3.8, 4) is 11.5 Å². The Balaban J connectivity index is 1.74. The van der Waals surface area contributed by atoms with Crippen LogP contribution in [-0.2, 0) is 6.42 Å². The van der Waals surface area contributed by atoms with Crippen LogP contribution in [0.1, 0.15) is 15.9 Å². The molecule has 0 radical (unpaired) electrons. The van der Waals surface area contributed by atoms with Gasteiger partial charge in [0, 0.05) is 12.1 Å². The summed E-state index contributed by atoms with van der Waals surface area (Å²) in [5, 5.41) is 3.39. The number of benzene rings is 2. The number of carbonyl (C=O) groups excluding carboxylic acids is 1. The standard InChI is InChI=1S/C18H21N3O3S/c1-23-15-9-8-13(12-16(15)24-2)10-11-19-18(25)21-20-17(22)14-6-4-3-5-7-14/h3-9,12H,10-11H2,1-2H3,(H,20,22)(H2,19,21,25). The molecule has 0 aliphatic rings. The fraction of sp³-hybridized carbons (Fsp3) is 0.222. The molecule has 0 aliphatic heterocycles. The number of hydrogen-bond donors (Lipinski definition) is 3. The van der Waals surface area contributed by atoms with E-state index in [0.29, 0.717) is 28.7 Å². The first kappa shape index (κ1) is 18.5. The number of carbonyl (C=O) groups is 1. The highest BCUT2D eigenvalue weighted by atomic mass is 32.1. The van der Waals surface area contributed by atoms with E-state index in [1.807, 2.05) is 24.3 Å². The number of ether oxygens (including phenoxy) is 2. The summed E-state index contributed by atoms with van der Waals surface area (Å²) < 4.78 is 10.5. The molecule has 0 unspecified atom stereocenters. The fourth-order valence-electron chi connectivity index (χ4n) is 2.18. The second-order valence-electron chi connectivity index (χ2n) is 5.14. The average Bonchev–Trinajstić information content (AvgIpc) is 2.66. The van der Waals surface area contributed by atoms with Gasteiger partial charge in [0.25, 0.3) is 5.91 Å². The highest BCUT2D eigenvalue weighted by Crippen LogP contribution is 2.27. The van der Waals surface area contributed by atoms with Crippen molar-refractivity contribution in [3.05, 3.63) is 59.7 Å². The van der Waals surface area contributed by atoms with Gasteiger partial charge in [-0.3, -0.25) is 15.6 Å². The predicted octanol–water partition coefficient (Wildman–Crippen LogP) is 2.06. The van der Waals surface area contributed by atoms with Gasteiger partial charge in [-0.05, 0) is 48.5 Å². The van der Waals surface area contributed by atoms with Crippen LogP contribution < -0.4 is 25.6 Å². The lowest BCUT2D eigenvalue weighted by Crippen LogP contribution is -2.47. The van der Waals surface area contributed by atoms with Gasteiger partial charge in [-0.25, -0.2) is 0 Å². The molecule has 2 aromatic carbocycles. The van der Waals surface area contributed by atoms with E-state index in [9.17, 15) is 4.79 Å². The molecule has 2 aromatic rings. The number of methoxy groups -OCH3 is 2. The quantitative estimate of drug-likeness (QED) is 0.542. The molecule has 2 rings (SSSR count). The Bertz CT molecular complexity index is 723. The molecule has 132 valence electrons. The molecule has 6 nitrogen and oxygen atoms in total. The average molecular weight is 359 g/mol. The third-order valence-electron chi connectivity index (χ3n) is 3.47. The summed E-state index contributed by atoms with van der Waals surface area (Å²) in [7, 11) is 3.21. The summed E-state index contributed by atoms with van der Waals surface area (Å²) in [4.78, 5) is 11.9. The first-order valence-corrected chi connectivity index (χ1v) is 8.15. The number of rotatable bonds is 6. The van der Waals surface area contributed by atoms with E-state index >= 15 is 0 Å².